The third kappa shape index (κ3) is 5.80. The summed E-state index contributed by atoms with van der Waals surface area (Å²) in [6.07, 6.45) is 1.25. The molecule has 0 saturated heterocycles. The quantitative estimate of drug-likeness (QED) is 0.690. The van der Waals surface area contributed by atoms with E-state index in [0.29, 0.717) is 26.2 Å². The maximum atomic E-state index is 11.5. The molecule has 0 heterocycles. The second-order valence-corrected chi connectivity index (χ2v) is 4.05. The number of carbonyl (C=O) groups is 1. The van der Waals surface area contributed by atoms with Crippen molar-refractivity contribution in [1.29, 1.82) is 0 Å². The highest BCUT2D eigenvalue weighted by Crippen LogP contribution is 2.04. The van der Waals surface area contributed by atoms with Gasteiger partial charge in [-0.3, -0.25) is 4.79 Å². The van der Waals surface area contributed by atoms with E-state index < -0.39 is 0 Å². The van der Waals surface area contributed by atoms with Crippen LogP contribution in [0.15, 0.2) is 24.3 Å². The molecular formula is C14H21NO3. The SMILES string of the molecule is CCOCCCC(=O)NCc1ccc(CO)cc1. The van der Waals surface area contributed by atoms with E-state index in [1.165, 1.54) is 0 Å². The zero-order chi connectivity index (χ0) is 13.2. The molecule has 1 amide bonds. The largest absolute Gasteiger partial charge is 0.392 e. The first-order valence-electron chi connectivity index (χ1n) is 6.29. The summed E-state index contributed by atoms with van der Waals surface area (Å²) in [5, 5.41) is 11.8. The average Bonchev–Trinajstić information content (AvgIpc) is 2.42. The number of carbonyl (C=O) groups excluding carboxylic acids is 1. The van der Waals surface area contributed by atoms with Gasteiger partial charge < -0.3 is 15.2 Å². The second kappa shape index (κ2) is 8.66. The molecule has 0 aromatic heterocycles. The molecule has 1 rings (SSSR count). The number of hydrogen-bond acceptors (Lipinski definition) is 3. The minimum absolute atomic E-state index is 0.0425. The van der Waals surface area contributed by atoms with Crippen LogP contribution >= 0.6 is 0 Å². The lowest BCUT2D eigenvalue weighted by Gasteiger charge is -2.06. The van der Waals surface area contributed by atoms with Crippen LogP contribution < -0.4 is 5.32 Å². The summed E-state index contributed by atoms with van der Waals surface area (Å²) < 4.78 is 5.17. The molecular weight excluding hydrogens is 230 g/mol. The molecule has 0 aliphatic heterocycles. The maximum Gasteiger partial charge on any atom is 0.220 e. The monoisotopic (exact) mass is 251 g/mol. The molecule has 0 atom stereocenters. The van der Waals surface area contributed by atoms with E-state index in [2.05, 4.69) is 5.32 Å². The van der Waals surface area contributed by atoms with Gasteiger partial charge in [0.05, 0.1) is 6.61 Å². The summed E-state index contributed by atoms with van der Waals surface area (Å²) in [4.78, 5) is 11.5. The molecule has 0 fully saturated rings. The molecule has 1 aromatic rings. The summed E-state index contributed by atoms with van der Waals surface area (Å²) in [6, 6.07) is 7.53. The topological polar surface area (TPSA) is 58.6 Å². The second-order valence-electron chi connectivity index (χ2n) is 4.05. The molecule has 100 valence electrons. The third-order valence-corrected chi connectivity index (χ3v) is 2.59. The first-order chi connectivity index (χ1) is 8.76. The van der Waals surface area contributed by atoms with Crippen molar-refractivity contribution in [2.24, 2.45) is 0 Å². The number of hydrogen-bond donors (Lipinski definition) is 2. The Morgan fingerprint density at radius 3 is 2.56 bits per heavy atom. The Labute approximate surface area is 108 Å². The lowest BCUT2D eigenvalue weighted by atomic mass is 10.1. The number of aliphatic hydroxyl groups is 1. The maximum absolute atomic E-state index is 11.5. The Morgan fingerprint density at radius 1 is 1.28 bits per heavy atom. The lowest BCUT2D eigenvalue weighted by Crippen LogP contribution is -2.22. The molecule has 0 aliphatic carbocycles. The number of benzene rings is 1. The Bertz CT molecular complexity index is 349. The highest BCUT2D eigenvalue weighted by atomic mass is 16.5. The Balaban J connectivity index is 2.20. The van der Waals surface area contributed by atoms with Crippen molar-refractivity contribution >= 4 is 5.91 Å². The van der Waals surface area contributed by atoms with Crippen LogP contribution in [0.1, 0.15) is 30.9 Å². The zero-order valence-corrected chi connectivity index (χ0v) is 10.8. The van der Waals surface area contributed by atoms with Crippen molar-refractivity contribution in [3.8, 4) is 0 Å². The van der Waals surface area contributed by atoms with Crippen LogP contribution in [0.25, 0.3) is 0 Å². The van der Waals surface area contributed by atoms with Gasteiger partial charge in [0.15, 0.2) is 0 Å². The number of nitrogens with one attached hydrogen (secondary N) is 1. The number of ether oxygens (including phenoxy) is 1. The Kier molecular flexibility index (Phi) is 7.06. The van der Waals surface area contributed by atoms with E-state index in [4.69, 9.17) is 9.84 Å². The molecule has 4 heteroatoms. The first kappa shape index (κ1) is 14.7. The highest BCUT2D eigenvalue weighted by molar-refractivity contribution is 5.75. The zero-order valence-electron chi connectivity index (χ0n) is 10.8. The molecule has 18 heavy (non-hydrogen) atoms. The van der Waals surface area contributed by atoms with E-state index in [0.717, 1.165) is 17.5 Å². The predicted molar refractivity (Wildman–Crippen MR) is 69.9 cm³/mol. The average molecular weight is 251 g/mol. The lowest BCUT2D eigenvalue weighted by molar-refractivity contribution is -0.121. The minimum Gasteiger partial charge on any atom is -0.392 e. The van der Waals surface area contributed by atoms with Gasteiger partial charge in [0, 0.05) is 26.2 Å². The van der Waals surface area contributed by atoms with Crippen LogP contribution in [-0.4, -0.2) is 24.2 Å². The fourth-order valence-corrected chi connectivity index (χ4v) is 1.53. The van der Waals surface area contributed by atoms with E-state index in [9.17, 15) is 4.79 Å². The summed E-state index contributed by atoms with van der Waals surface area (Å²) in [6.45, 7) is 3.84. The van der Waals surface area contributed by atoms with E-state index in [1.807, 2.05) is 31.2 Å². The molecule has 0 saturated carbocycles. The standard InChI is InChI=1S/C14H21NO3/c1-2-18-9-3-4-14(17)15-10-12-5-7-13(11-16)8-6-12/h5-8,16H,2-4,9-11H2,1H3,(H,15,17). The van der Waals surface area contributed by atoms with Crippen LogP contribution in [0.4, 0.5) is 0 Å². The van der Waals surface area contributed by atoms with Crippen LogP contribution in [0.5, 0.6) is 0 Å². The van der Waals surface area contributed by atoms with Gasteiger partial charge in [-0.1, -0.05) is 24.3 Å². The number of amides is 1. The fraction of sp³-hybridized carbons (Fsp3) is 0.500. The van der Waals surface area contributed by atoms with Crippen molar-refractivity contribution in [3.63, 3.8) is 0 Å². The molecule has 0 radical (unpaired) electrons. The summed E-state index contributed by atoms with van der Waals surface area (Å²) in [7, 11) is 0. The number of rotatable bonds is 8. The van der Waals surface area contributed by atoms with Gasteiger partial charge in [0.1, 0.15) is 0 Å². The molecule has 0 spiro atoms. The minimum atomic E-state index is 0.0425. The predicted octanol–water partition coefficient (Wildman–Crippen LogP) is 1.61. The normalized spacial score (nSPS) is 10.3. The fourth-order valence-electron chi connectivity index (χ4n) is 1.53. The Morgan fingerprint density at radius 2 is 1.94 bits per heavy atom. The van der Waals surface area contributed by atoms with E-state index in [1.54, 1.807) is 0 Å². The van der Waals surface area contributed by atoms with Crippen molar-refractivity contribution in [1.82, 2.24) is 5.32 Å². The van der Waals surface area contributed by atoms with Crippen molar-refractivity contribution in [3.05, 3.63) is 35.4 Å². The van der Waals surface area contributed by atoms with Crippen LogP contribution in [0.2, 0.25) is 0 Å². The summed E-state index contributed by atoms with van der Waals surface area (Å²) >= 11 is 0. The van der Waals surface area contributed by atoms with Gasteiger partial charge in [-0.25, -0.2) is 0 Å². The van der Waals surface area contributed by atoms with Crippen LogP contribution in [0.3, 0.4) is 0 Å². The van der Waals surface area contributed by atoms with Crippen molar-refractivity contribution < 1.29 is 14.6 Å². The van der Waals surface area contributed by atoms with Crippen LogP contribution in [-0.2, 0) is 22.7 Å². The van der Waals surface area contributed by atoms with Gasteiger partial charge in [-0.05, 0) is 24.5 Å². The van der Waals surface area contributed by atoms with Gasteiger partial charge in [0.2, 0.25) is 5.91 Å². The van der Waals surface area contributed by atoms with Crippen LogP contribution in [0, 0.1) is 0 Å². The smallest absolute Gasteiger partial charge is 0.220 e. The third-order valence-electron chi connectivity index (χ3n) is 2.59. The molecule has 2 N–H and O–H groups in total. The van der Waals surface area contributed by atoms with Gasteiger partial charge in [-0.15, -0.1) is 0 Å². The molecule has 0 bridgehead atoms. The van der Waals surface area contributed by atoms with Crippen molar-refractivity contribution in [2.45, 2.75) is 32.9 Å². The van der Waals surface area contributed by atoms with Gasteiger partial charge in [-0.2, -0.15) is 0 Å². The van der Waals surface area contributed by atoms with Gasteiger partial charge >= 0.3 is 0 Å². The molecule has 0 unspecified atom stereocenters. The number of aliphatic hydroxyl groups excluding tert-OH is 1. The molecule has 1 aromatic carbocycles. The van der Waals surface area contributed by atoms with E-state index in [-0.39, 0.29) is 12.5 Å². The molecule has 0 aliphatic rings. The van der Waals surface area contributed by atoms with Gasteiger partial charge in [0.25, 0.3) is 0 Å². The Hall–Kier alpha value is -1.39. The molecule has 4 nitrogen and oxygen atoms in total. The highest BCUT2D eigenvalue weighted by Gasteiger charge is 2.01. The summed E-state index contributed by atoms with van der Waals surface area (Å²) in [5.74, 6) is 0.0425. The first-order valence-corrected chi connectivity index (χ1v) is 6.29. The van der Waals surface area contributed by atoms with E-state index >= 15 is 0 Å². The van der Waals surface area contributed by atoms with Crippen molar-refractivity contribution in [2.75, 3.05) is 13.2 Å². The summed E-state index contributed by atoms with van der Waals surface area (Å²) in [5.41, 5.74) is 1.91.